The molecule has 0 radical (unpaired) electrons. The van der Waals surface area contributed by atoms with Crippen molar-refractivity contribution < 1.29 is 9.53 Å². The molecule has 0 amide bonds. The monoisotopic (exact) mass is 389 g/mol. The van der Waals surface area contributed by atoms with Gasteiger partial charge in [-0.05, 0) is 74.8 Å². The molecule has 3 aromatic rings. The predicted octanol–water partition coefficient (Wildman–Crippen LogP) is 4.66. The molecule has 1 aliphatic rings. The highest BCUT2D eigenvalue weighted by Gasteiger charge is 2.26. The summed E-state index contributed by atoms with van der Waals surface area (Å²) in [6.45, 7) is 3.85. The van der Waals surface area contributed by atoms with Crippen LogP contribution in [0.5, 0.6) is 11.5 Å². The fourth-order valence-electron chi connectivity index (χ4n) is 3.91. The molecule has 5 nitrogen and oxygen atoms in total. The van der Waals surface area contributed by atoms with Crippen molar-refractivity contribution in [3.8, 4) is 11.5 Å². The summed E-state index contributed by atoms with van der Waals surface area (Å²) >= 11 is 0. The molecule has 0 aliphatic carbocycles. The van der Waals surface area contributed by atoms with E-state index in [0.717, 1.165) is 62.5 Å². The third-order valence-electron chi connectivity index (χ3n) is 5.41. The SMILES string of the molecule is O=C(c1ccc(Oc2ccccc2)cc1)[C@H]1CCCN(CCCn2cccn2)C1. The highest BCUT2D eigenvalue weighted by atomic mass is 16.5. The van der Waals surface area contributed by atoms with Gasteiger partial charge in [0.2, 0.25) is 0 Å². The lowest BCUT2D eigenvalue weighted by Crippen LogP contribution is -2.39. The van der Waals surface area contributed by atoms with E-state index in [1.807, 2.05) is 77.7 Å². The second-order valence-corrected chi connectivity index (χ2v) is 7.57. The van der Waals surface area contributed by atoms with E-state index < -0.39 is 0 Å². The van der Waals surface area contributed by atoms with Gasteiger partial charge in [-0.3, -0.25) is 9.48 Å². The third-order valence-corrected chi connectivity index (χ3v) is 5.41. The van der Waals surface area contributed by atoms with Gasteiger partial charge in [-0.15, -0.1) is 0 Å². The minimum atomic E-state index is 0.0781. The molecule has 4 rings (SSSR count). The molecule has 1 fully saturated rings. The van der Waals surface area contributed by atoms with Crippen LogP contribution in [0.2, 0.25) is 0 Å². The number of ketones is 1. The first-order valence-electron chi connectivity index (χ1n) is 10.3. The maximum Gasteiger partial charge on any atom is 0.167 e. The zero-order valence-corrected chi connectivity index (χ0v) is 16.6. The highest BCUT2D eigenvalue weighted by molar-refractivity contribution is 5.98. The van der Waals surface area contributed by atoms with Crippen LogP contribution in [0.25, 0.3) is 0 Å². The van der Waals surface area contributed by atoms with Crippen molar-refractivity contribution in [3.63, 3.8) is 0 Å². The van der Waals surface area contributed by atoms with E-state index in [0.29, 0.717) is 0 Å². The average molecular weight is 389 g/mol. The minimum absolute atomic E-state index is 0.0781. The Morgan fingerprint density at radius 2 is 1.79 bits per heavy atom. The number of Topliss-reactive ketones (excluding diaryl/α,β-unsaturated/α-hetero) is 1. The summed E-state index contributed by atoms with van der Waals surface area (Å²) < 4.78 is 7.79. The zero-order chi connectivity index (χ0) is 19.9. The van der Waals surface area contributed by atoms with Crippen LogP contribution in [-0.2, 0) is 6.54 Å². The molecular weight excluding hydrogens is 362 g/mol. The first kappa shape index (κ1) is 19.4. The molecule has 0 spiro atoms. The third kappa shape index (κ3) is 5.33. The Kier molecular flexibility index (Phi) is 6.37. The lowest BCUT2D eigenvalue weighted by atomic mass is 9.90. The van der Waals surface area contributed by atoms with E-state index in [-0.39, 0.29) is 11.7 Å². The van der Waals surface area contributed by atoms with Gasteiger partial charge in [-0.1, -0.05) is 18.2 Å². The van der Waals surface area contributed by atoms with Gasteiger partial charge in [0.15, 0.2) is 5.78 Å². The standard InChI is InChI=1S/C24H27N3O2/c28-24(20-10-12-23(13-11-20)29-22-8-2-1-3-9-22)21-7-4-15-26(19-21)16-6-18-27-17-5-14-25-27/h1-3,5,8-14,17,21H,4,6-7,15-16,18-19H2/t21-/m0/s1. The molecule has 0 unspecified atom stereocenters. The van der Waals surface area contributed by atoms with Crippen LogP contribution < -0.4 is 4.74 Å². The van der Waals surface area contributed by atoms with Gasteiger partial charge in [-0.25, -0.2) is 0 Å². The van der Waals surface area contributed by atoms with Crippen LogP contribution in [0.4, 0.5) is 0 Å². The predicted molar refractivity (Wildman–Crippen MR) is 113 cm³/mol. The number of hydrogen-bond donors (Lipinski definition) is 0. The number of piperidine rings is 1. The number of carbonyl (C=O) groups excluding carboxylic acids is 1. The van der Waals surface area contributed by atoms with Gasteiger partial charge in [0.1, 0.15) is 11.5 Å². The Balaban J connectivity index is 1.30. The van der Waals surface area contributed by atoms with Crippen LogP contribution in [0.1, 0.15) is 29.6 Å². The number of rotatable bonds is 8. The van der Waals surface area contributed by atoms with E-state index in [1.54, 1.807) is 0 Å². The number of benzene rings is 2. The summed E-state index contributed by atoms with van der Waals surface area (Å²) in [6.07, 6.45) is 6.90. The van der Waals surface area contributed by atoms with Crippen molar-refractivity contribution in [1.82, 2.24) is 14.7 Å². The van der Waals surface area contributed by atoms with E-state index in [2.05, 4.69) is 10.00 Å². The molecule has 29 heavy (non-hydrogen) atoms. The van der Waals surface area contributed by atoms with Gasteiger partial charge in [0.05, 0.1) is 0 Å². The lowest BCUT2D eigenvalue weighted by molar-refractivity contribution is 0.0817. The van der Waals surface area contributed by atoms with E-state index in [9.17, 15) is 4.79 Å². The Hall–Kier alpha value is -2.92. The number of aryl methyl sites for hydroxylation is 1. The Bertz CT molecular complexity index is 892. The number of para-hydroxylation sites is 1. The maximum atomic E-state index is 13.0. The molecule has 0 bridgehead atoms. The van der Waals surface area contributed by atoms with Crippen LogP contribution in [0, 0.1) is 5.92 Å². The van der Waals surface area contributed by atoms with Gasteiger partial charge in [0.25, 0.3) is 0 Å². The molecule has 0 saturated carbocycles. The fourth-order valence-corrected chi connectivity index (χ4v) is 3.91. The number of carbonyl (C=O) groups is 1. The smallest absolute Gasteiger partial charge is 0.167 e. The number of ether oxygens (including phenoxy) is 1. The van der Waals surface area contributed by atoms with Gasteiger partial charge >= 0.3 is 0 Å². The normalized spacial score (nSPS) is 17.2. The molecule has 1 aliphatic heterocycles. The molecule has 1 aromatic heterocycles. The summed E-state index contributed by atoms with van der Waals surface area (Å²) in [5, 5.41) is 4.25. The number of hydrogen-bond acceptors (Lipinski definition) is 4. The van der Waals surface area contributed by atoms with E-state index in [4.69, 9.17) is 4.74 Å². The van der Waals surface area contributed by atoms with Crippen molar-refractivity contribution >= 4 is 5.78 Å². The molecule has 0 N–H and O–H groups in total. The van der Waals surface area contributed by atoms with Crippen molar-refractivity contribution in [2.45, 2.75) is 25.8 Å². The summed E-state index contributed by atoms with van der Waals surface area (Å²) in [4.78, 5) is 15.4. The van der Waals surface area contributed by atoms with Gasteiger partial charge < -0.3 is 9.64 Å². The first-order chi connectivity index (χ1) is 14.3. The largest absolute Gasteiger partial charge is 0.457 e. The number of aromatic nitrogens is 2. The summed E-state index contributed by atoms with van der Waals surface area (Å²) in [5.41, 5.74) is 0.772. The van der Waals surface area contributed by atoms with Crippen molar-refractivity contribution in [2.24, 2.45) is 5.92 Å². The van der Waals surface area contributed by atoms with Crippen LogP contribution in [0.3, 0.4) is 0 Å². The quantitative estimate of drug-likeness (QED) is 0.526. The average Bonchev–Trinajstić information content (AvgIpc) is 3.28. The van der Waals surface area contributed by atoms with Gasteiger partial charge in [-0.2, -0.15) is 5.10 Å². The van der Waals surface area contributed by atoms with Crippen LogP contribution in [0.15, 0.2) is 73.1 Å². The summed E-state index contributed by atoms with van der Waals surface area (Å²) in [6, 6.07) is 19.2. The molecule has 2 heterocycles. The van der Waals surface area contributed by atoms with Crippen molar-refractivity contribution in [2.75, 3.05) is 19.6 Å². The van der Waals surface area contributed by atoms with Crippen LogP contribution >= 0.6 is 0 Å². The first-order valence-corrected chi connectivity index (χ1v) is 10.3. The number of likely N-dealkylation sites (tertiary alicyclic amines) is 1. The van der Waals surface area contributed by atoms with E-state index in [1.165, 1.54) is 0 Å². The molecule has 1 atom stereocenters. The Morgan fingerprint density at radius 1 is 1.00 bits per heavy atom. The highest BCUT2D eigenvalue weighted by Crippen LogP contribution is 2.25. The lowest BCUT2D eigenvalue weighted by Gasteiger charge is -2.32. The zero-order valence-electron chi connectivity index (χ0n) is 16.6. The van der Waals surface area contributed by atoms with Crippen molar-refractivity contribution in [1.29, 1.82) is 0 Å². The molecule has 2 aromatic carbocycles. The maximum absolute atomic E-state index is 13.0. The van der Waals surface area contributed by atoms with E-state index >= 15 is 0 Å². The second-order valence-electron chi connectivity index (χ2n) is 7.57. The fraction of sp³-hybridized carbons (Fsp3) is 0.333. The summed E-state index contributed by atoms with van der Waals surface area (Å²) in [5.74, 6) is 1.86. The topological polar surface area (TPSA) is 47.4 Å². The molecular formula is C24H27N3O2. The minimum Gasteiger partial charge on any atom is -0.457 e. The van der Waals surface area contributed by atoms with Crippen LogP contribution in [-0.4, -0.2) is 40.1 Å². The second kappa shape index (κ2) is 9.52. The number of nitrogens with zero attached hydrogens (tertiary/aromatic N) is 3. The Labute approximate surface area is 171 Å². The van der Waals surface area contributed by atoms with Crippen molar-refractivity contribution in [3.05, 3.63) is 78.6 Å². The summed E-state index contributed by atoms with van der Waals surface area (Å²) in [7, 11) is 0. The molecule has 150 valence electrons. The Morgan fingerprint density at radius 3 is 2.55 bits per heavy atom. The molecule has 1 saturated heterocycles. The molecule has 5 heteroatoms. The van der Waals surface area contributed by atoms with Gasteiger partial charge in [0, 0.05) is 37.0 Å².